The number of carbonyl (C=O) groups excluding carboxylic acids is 1. The number of aldehydes is 1. The van der Waals surface area contributed by atoms with E-state index in [1.165, 1.54) is 0 Å². The second kappa shape index (κ2) is 3.72. The van der Waals surface area contributed by atoms with Crippen LogP contribution in [0.1, 0.15) is 29.5 Å². The van der Waals surface area contributed by atoms with E-state index in [0.717, 1.165) is 19.3 Å². The number of nitrogens with zero attached hydrogens (tertiary/aromatic N) is 2. The summed E-state index contributed by atoms with van der Waals surface area (Å²) in [6, 6.07) is 0. The lowest BCUT2D eigenvalue weighted by atomic mass is 10.4. The maximum atomic E-state index is 10.6. The number of carbonyl (C=O) groups is 1. The molecule has 0 fully saturated rings. The Morgan fingerprint density at radius 2 is 2.33 bits per heavy atom. The maximum Gasteiger partial charge on any atom is 0.169 e. The van der Waals surface area contributed by atoms with Crippen LogP contribution >= 0.6 is 11.6 Å². The van der Waals surface area contributed by atoms with Crippen molar-refractivity contribution in [3.63, 3.8) is 0 Å². The molecule has 4 heteroatoms. The second-order valence-corrected chi connectivity index (χ2v) is 3.00. The van der Waals surface area contributed by atoms with Crippen LogP contribution < -0.4 is 0 Å². The molecule has 0 N–H and O–H groups in total. The van der Waals surface area contributed by atoms with Crippen LogP contribution in [0.4, 0.5) is 0 Å². The zero-order chi connectivity index (χ0) is 9.14. The number of halogens is 1. The first-order chi connectivity index (χ1) is 5.70. The smallest absolute Gasteiger partial charge is 0.169 e. The molecule has 0 amide bonds. The van der Waals surface area contributed by atoms with Gasteiger partial charge in [-0.3, -0.25) is 9.48 Å². The number of hydrogen-bond donors (Lipinski definition) is 0. The molecule has 0 aliphatic heterocycles. The summed E-state index contributed by atoms with van der Waals surface area (Å²) < 4.78 is 1.64. The van der Waals surface area contributed by atoms with Gasteiger partial charge in [0.05, 0.1) is 10.7 Å². The largest absolute Gasteiger partial charge is 0.296 e. The Hall–Kier alpha value is -0.830. The van der Waals surface area contributed by atoms with Crippen LogP contribution in [-0.2, 0) is 6.54 Å². The lowest BCUT2D eigenvalue weighted by Gasteiger charge is -1.98. The van der Waals surface area contributed by atoms with Gasteiger partial charge in [0.2, 0.25) is 0 Å². The molecule has 0 aliphatic rings. The molecule has 0 spiro atoms. The Balaban J connectivity index is 3.10. The molecule has 1 rings (SSSR count). The minimum Gasteiger partial charge on any atom is -0.296 e. The van der Waals surface area contributed by atoms with Gasteiger partial charge >= 0.3 is 0 Å². The standard InChI is InChI=1S/C8H11ClN2O/c1-3-4-11-7(5-12)8(9)6(2)10-11/h5H,3-4H2,1-2H3. The van der Waals surface area contributed by atoms with E-state index in [2.05, 4.69) is 5.10 Å². The molecule has 3 nitrogen and oxygen atoms in total. The fraction of sp³-hybridized carbons (Fsp3) is 0.500. The van der Waals surface area contributed by atoms with E-state index in [1.54, 1.807) is 11.6 Å². The molecule has 12 heavy (non-hydrogen) atoms. The van der Waals surface area contributed by atoms with Gasteiger partial charge in [-0.2, -0.15) is 5.10 Å². The minimum atomic E-state index is 0.471. The summed E-state index contributed by atoms with van der Waals surface area (Å²) >= 11 is 5.84. The van der Waals surface area contributed by atoms with Crippen LogP contribution in [-0.4, -0.2) is 16.1 Å². The van der Waals surface area contributed by atoms with Gasteiger partial charge in [0.15, 0.2) is 6.29 Å². The summed E-state index contributed by atoms with van der Waals surface area (Å²) in [4.78, 5) is 10.6. The average Bonchev–Trinajstić information content (AvgIpc) is 2.29. The molecule has 0 radical (unpaired) electrons. The van der Waals surface area contributed by atoms with Crippen LogP contribution in [0.15, 0.2) is 0 Å². The zero-order valence-electron chi connectivity index (χ0n) is 7.17. The Morgan fingerprint density at radius 3 is 2.83 bits per heavy atom. The highest BCUT2D eigenvalue weighted by atomic mass is 35.5. The summed E-state index contributed by atoms with van der Waals surface area (Å²) in [6.45, 7) is 4.56. The Kier molecular flexibility index (Phi) is 2.87. The molecule has 0 aromatic carbocycles. The van der Waals surface area contributed by atoms with Crippen molar-refractivity contribution in [1.29, 1.82) is 0 Å². The average molecular weight is 187 g/mol. The Bertz CT molecular complexity index is 293. The molecule has 1 aromatic heterocycles. The molecule has 66 valence electrons. The van der Waals surface area contributed by atoms with Crippen molar-refractivity contribution in [2.45, 2.75) is 26.8 Å². The molecule has 0 saturated heterocycles. The van der Waals surface area contributed by atoms with Crippen molar-refractivity contribution < 1.29 is 4.79 Å². The maximum absolute atomic E-state index is 10.6. The van der Waals surface area contributed by atoms with E-state index in [-0.39, 0.29) is 0 Å². The SMILES string of the molecule is CCCn1nc(C)c(Cl)c1C=O. The van der Waals surface area contributed by atoms with Crippen molar-refractivity contribution in [3.8, 4) is 0 Å². The highest BCUT2D eigenvalue weighted by Gasteiger charge is 2.10. The first-order valence-corrected chi connectivity index (χ1v) is 4.26. The van der Waals surface area contributed by atoms with E-state index in [1.807, 2.05) is 6.92 Å². The van der Waals surface area contributed by atoms with Gasteiger partial charge in [0, 0.05) is 6.54 Å². The quantitative estimate of drug-likeness (QED) is 0.678. The third-order valence-electron chi connectivity index (χ3n) is 1.64. The van der Waals surface area contributed by atoms with E-state index in [4.69, 9.17) is 11.6 Å². The summed E-state index contributed by atoms with van der Waals surface area (Å²) in [5, 5.41) is 4.60. The summed E-state index contributed by atoms with van der Waals surface area (Å²) in [7, 11) is 0. The van der Waals surface area contributed by atoms with Crippen molar-refractivity contribution >= 4 is 17.9 Å². The van der Waals surface area contributed by atoms with Crippen molar-refractivity contribution in [1.82, 2.24) is 9.78 Å². The number of rotatable bonds is 3. The van der Waals surface area contributed by atoms with Gasteiger partial charge in [-0.15, -0.1) is 0 Å². The van der Waals surface area contributed by atoms with Gasteiger partial charge in [-0.1, -0.05) is 18.5 Å². The topological polar surface area (TPSA) is 34.9 Å². The molecular formula is C8H11ClN2O. The fourth-order valence-corrected chi connectivity index (χ4v) is 1.25. The predicted octanol–water partition coefficient (Wildman–Crippen LogP) is 2.07. The van der Waals surface area contributed by atoms with Crippen molar-refractivity contribution in [2.75, 3.05) is 0 Å². The molecule has 1 heterocycles. The van der Waals surface area contributed by atoms with Crippen LogP contribution in [0.25, 0.3) is 0 Å². The molecular weight excluding hydrogens is 176 g/mol. The van der Waals surface area contributed by atoms with Gasteiger partial charge in [-0.25, -0.2) is 0 Å². The molecule has 0 atom stereocenters. The van der Waals surface area contributed by atoms with Crippen LogP contribution in [0.3, 0.4) is 0 Å². The fourth-order valence-electron chi connectivity index (χ4n) is 1.07. The van der Waals surface area contributed by atoms with Crippen molar-refractivity contribution in [2.24, 2.45) is 0 Å². The number of aryl methyl sites for hydroxylation is 2. The first kappa shape index (κ1) is 9.26. The van der Waals surface area contributed by atoms with Gasteiger partial charge in [0.25, 0.3) is 0 Å². The number of aromatic nitrogens is 2. The zero-order valence-corrected chi connectivity index (χ0v) is 7.93. The van der Waals surface area contributed by atoms with Gasteiger partial charge in [-0.05, 0) is 13.3 Å². The van der Waals surface area contributed by atoms with Crippen LogP contribution in [0, 0.1) is 6.92 Å². The van der Waals surface area contributed by atoms with E-state index in [0.29, 0.717) is 16.4 Å². The monoisotopic (exact) mass is 186 g/mol. The van der Waals surface area contributed by atoms with Crippen LogP contribution in [0.2, 0.25) is 5.02 Å². The third kappa shape index (κ3) is 1.50. The molecule has 0 aliphatic carbocycles. The van der Waals surface area contributed by atoms with Gasteiger partial charge in [0.1, 0.15) is 5.69 Å². The summed E-state index contributed by atoms with van der Waals surface area (Å²) in [5.41, 5.74) is 1.20. The number of hydrogen-bond acceptors (Lipinski definition) is 2. The minimum absolute atomic E-state index is 0.471. The Morgan fingerprint density at radius 1 is 1.67 bits per heavy atom. The van der Waals surface area contributed by atoms with Crippen LogP contribution in [0.5, 0.6) is 0 Å². The van der Waals surface area contributed by atoms with E-state index >= 15 is 0 Å². The lowest BCUT2D eigenvalue weighted by Crippen LogP contribution is -2.03. The second-order valence-electron chi connectivity index (χ2n) is 2.63. The summed E-state index contributed by atoms with van der Waals surface area (Å²) in [6.07, 6.45) is 1.69. The normalized spacial score (nSPS) is 10.2. The molecule has 0 unspecified atom stereocenters. The molecule has 0 saturated carbocycles. The third-order valence-corrected chi connectivity index (χ3v) is 2.11. The predicted molar refractivity (Wildman–Crippen MR) is 47.7 cm³/mol. The summed E-state index contributed by atoms with van der Waals surface area (Å²) in [5.74, 6) is 0. The Labute approximate surface area is 76.3 Å². The van der Waals surface area contributed by atoms with Gasteiger partial charge < -0.3 is 0 Å². The van der Waals surface area contributed by atoms with E-state index in [9.17, 15) is 4.79 Å². The van der Waals surface area contributed by atoms with Crippen molar-refractivity contribution in [3.05, 3.63) is 16.4 Å². The van der Waals surface area contributed by atoms with E-state index < -0.39 is 0 Å². The first-order valence-electron chi connectivity index (χ1n) is 3.88. The molecule has 0 bridgehead atoms. The highest BCUT2D eigenvalue weighted by molar-refractivity contribution is 6.33. The molecule has 1 aromatic rings. The highest BCUT2D eigenvalue weighted by Crippen LogP contribution is 2.18. The lowest BCUT2D eigenvalue weighted by molar-refractivity contribution is 0.111.